The molecule has 66 valence electrons. The van der Waals surface area contributed by atoms with Gasteiger partial charge >= 0.3 is 0 Å². The van der Waals surface area contributed by atoms with Gasteiger partial charge in [0.15, 0.2) is 0 Å². The van der Waals surface area contributed by atoms with Gasteiger partial charge in [-0.3, -0.25) is 4.90 Å². The number of nitrogens with zero attached hydrogens (tertiary/aromatic N) is 1. The molecule has 5 nitrogen and oxygen atoms in total. The number of aliphatic hydroxyl groups is 2. The fourth-order valence-corrected chi connectivity index (χ4v) is 0.735. The smallest absolute Gasteiger partial charge is 0.0558 e. The maximum Gasteiger partial charge on any atom is 0.0558 e. The van der Waals surface area contributed by atoms with Crippen LogP contribution in [0.5, 0.6) is 0 Å². The van der Waals surface area contributed by atoms with Crippen molar-refractivity contribution < 1.29 is 20.1 Å². The quantitative estimate of drug-likeness (QED) is 0.435. The Morgan fingerprint density at radius 2 is 1.73 bits per heavy atom. The van der Waals surface area contributed by atoms with E-state index in [0.717, 1.165) is 0 Å². The van der Waals surface area contributed by atoms with Crippen LogP contribution in [0.2, 0.25) is 0 Å². The van der Waals surface area contributed by atoms with Gasteiger partial charge in [-0.15, -0.1) is 0 Å². The number of carboxylic acid groups (broad SMARTS) is 1. The second kappa shape index (κ2) is 6.09. The third kappa shape index (κ3) is 5.78. The molecule has 0 aromatic heterocycles. The zero-order valence-electron chi connectivity index (χ0n) is 6.19. The van der Waals surface area contributed by atoms with Crippen molar-refractivity contribution in [3.63, 3.8) is 0 Å². The summed E-state index contributed by atoms with van der Waals surface area (Å²) in [6.07, 6.45) is 0. The Bertz CT molecular complexity index is 111. The SMILES string of the molecule is O=C([O-])CN(CCO)CCO. The van der Waals surface area contributed by atoms with E-state index in [0.29, 0.717) is 0 Å². The average Bonchev–Trinajstić information content (AvgIpc) is 1.87. The van der Waals surface area contributed by atoms with Crippen LogP contribution in [-0.4, -0.2) is 53.9 Å². The molecule has 0 aromatic carbocycles. The van der Waals surface area contributed by atoms with Crippen LogP contribution in [0, 0.1) is 0 Å². The monoisotopic (exact) mass is 162 g/mol. The van der Waals surface area contributed by atoms with Crippen molar-refractivity contribution in [1.29, 1.82) is 0 Å². The highest BCUT2D eigenvalue weighted by atomic mass is 16.4. The van der Waals surface area contributed by atoms with Crippen molar-refractivity contribution >= 4 is 5.97 Å². The van der Waals surface area contributed by atoms with Crippen molar-refractivity contribution in [2.75, 3.05) is 32.8 Å². The summed E-state index contributed by atoms with van der Waals surface area (Å²) in [5.41, 5.74) is 0. The van der Waals surface area contributed by atoms with Gasteiger partial charge < -0.3 is 20.1 Å². The number of aliphatic carboxylic acids is 1. The van der Waals surface area contributed by atoms with Gasteiger partial charge in [-0.2, -0.15) is 0 Å². The van der Waals surface area contributed by atoms with Crippen molar-refractivity contribution in [3.8, 4) is 0 Å². The number of hydrogen-bond donors (Lipinski definition) is 2. The first-order valence-corrected chi connectivity index (χ1v) is 3.34. The lowest BCUT2D eigenvalue weighted by Crippen LogP contribution is -2.40. The fraction of sp³-hybridized carbons (Fsp3) is 0.833. The molecule has 5 heteroatoms. The molecule has 0 rings (SSSR count). The summed E-state index contributed by atoms with van der Waals surface area (Å²) in [6, 6.07) is 0. The van der Waals surface area contributed by atoms with Gasteiger partial charge in [-0.25, -0.2) is 0 Å². The van der Waals surface area contributed by atoms with Crippen LogP contribution in [0.4, 0.5) is 0 Å². The van der Waals surface area contributed by atoms with Crippen LogP contribution in [0.1, 0.15) is 0 Å². The van der Waals surface area contributed by atoms with Gasteiger partial charge in [0.05, 0.1) is 19.2 Å². The molecule has 0 heterocycles. The van der Waals surface area contributed by atoms with E-state index in [1.165, 1.54) is 4.90 Å². The highest BCUT2D eigenvalue weighted by Gasteiger charge is 2.01. The summed E-state index contributed by atoms with van der Waals surface area (Å²) in [6.45, 7) is 0.00472. The van der Waals surface area contributed by atoms with Gasteiger partial charge in [0.25, 0.3) is 0 Å². The number of carbonyl (C=O) groups is 1. The van der Waals surface area contributed by atoms with Crippen LogP contribution in [-0.2, 0) is 4.79 Å². The van der Waals surface area contributed by atoms with Crippen molar-refractivity contribution in [2.45, 2.75) is 0 Å². The van der Waals surface area contributed by atoms with Crippen LogP contribution in [0.25, 0.3) is 0 Å². The number of carbonyl (C=O) groups excluding carboxylic acids is 1. The molecule has 0 aliphatic rings. The minimum atomic E-state index is -1.20. The Morgan fingerprint density at radius 3 is 2.00 bits per heavy atom. The van der Waals surface area contributed by atoms with Gasteiger partial charge in [0, 0.05) is 19.6 Å². The first kappa shape index (κ1) is 10.3. The van der Waals surface area contributed by atoms with Crippen molar-refractivity contribution in [1.82, 2.24) is 4.90 Å². The zero-order chi connectivity index (χ0) is 8.69. The first-order valence-electron chi connectivity index (χ1n) is 3.34. The summed E-state index contributed by atoms with van der Waals surface area (Å²) in [5, 5.41) is 26.9. The van der Waals surface area contributed by atoms with Crippen LogP contribution >= 0.6 is 0 Å². The molecule has 0 radical (unpaired) electrons. The Balaban J connectivity index is 3.59. The number of aliphatic hydroxyl groups excluding tert-OH is 2. The lowest BCUT2D eigenvalue weighted by molar-refractivity contribution is -0.306. The molecular formula is C6H12NO4-. The fourth-order valence-electron chi connectivity index (χ4n) is 0.735. The third-order valence-electron chi connectivity index (χ3n) is 1.19. The summed E-state index contributed by atoms with van der Waals surface area (Å²) in [7, 11) is 0. The molecule has 0 amide bonds. The summed E-state index contributed by atoms with van der Waals surface area (Å²) in [4.78, 5) is 11.4. The van der Waals surface area contributed by atoms with E-state index in [4.69, 9.17) is 10.2 Å². The molecule has 0 fully saturated rings. The Kier molecular flexibility index (Phi) is 5.73. The molecular weight excluding hydrogens is 150 g/mol. The molecule has 0 aliphatic carbocycles. The number of rotatable bonds is 6. The number of hydrogen-bond acceptors (Lipinski definition) is 5. The normalized spacial score (nSPS) is 10.5. The highest BCUT2D eigenvalue weighted by molar-refractivity contribution is 5.66. The maximum absolute atomic E-state index is 10.0. The summed E-state index contributed by atoms with van der Waals surface area (Å²) >= 11 is 0. The van der Waals surface area contributed by atoms with Gasteiger partial charge in [-0.05, 0) is 0 Å². The van der Waals surface area contributed by atoms with Gasteiger partial charge in [0.1, 0.15) is 0 Å². The molecule has 0 saturated heterocycles. The average molecular weight is 162 g/mol. The van der Waals surface area contributed by atoms with Gasteiger partial charge in [0.2, 0.25) is 0 Å². The Hall–Kier alpha value is -0.650. The van der Waals surface area contributed by atoms with E-state index < -0.39 is 5.97 Å². The molecule has 0 bridgehead atoms. The Morgan fingerprint density at radius 1 is 1.27 bits per heavy atom. The summed E-state index contributed by atoms with van der Waals surface area (Å²) < 4.78 is 0. The Labute approximate surface area is 64.9 Å². The molecule has 0 aliphatic heterocycles. The molecule has 2 N–H and O–H groups in total. The molecule has 0 unspecified atom stereocenters. The first-order chi connectivity index (χ1) is 5.20. The molecule has 0 spiro atoms. The van der Waals surface area contributed by atoms with Crippen LogP contribution in [0.15, 0.2) is 0 Å². The van der Waals surface area contributed by atoms with E-state index in [-0.39, 0.29) is 32.8 Å². The third-order valence-corrected chi connectivity index (χ3v) is 1.19. The van der Waals surface area contributed by atoms with E-state index in [2.05, 4.69) is 0 Å². The molecule has 0 saturated carbocycles. The lowest BCUT2D eigenvalue weighted by Gasteiger charge is -2.19. The summed E-state index contributed by atoms with van der Waals surface area (Å²) in [5.74, 6) is -1.20. The number of carboxylic acids is 1. The maximum atomic E-state index is 10.0. The van der Waals surface area contributed by atoms with Crippen molar-refractivity contribution in [2.24, 2.45) is 0 Å². The van der Waals surface area contributed by atoms with Crippen molar-refractivity contribution in [3.05, 3.63) is 0 Å². The van der Waals surface area contributed by atoms with Gasteiger partial charge in [-0.1, -0.05) is 0 Å². The second-order valence-corrected chi connectivity index (χ2v) is 2.10. The van der Waals surface area contributed by atoms with E-state index in [1.54, 1.807) is 0 Å². The van der Waals surface area contributed by atoms with E-state index in [9.17, 15) is 9.90 Å². The largest absolute Gasteiger partial charge is 0.549 e. The standard InChI is InChI=1S/C6H13NO4/c8-3-1-7(2-4-9)5-6(10)11/h8-9H,1-5H2,(H,10,11)/p-1. The van der Waals surface area contributed by atoms with E-state index in [1.807, 2.05) is 0 Å². The topological polar surface area (TPSA) is 83.8 Å². The predicted molar refractivity (Wildman–Crippen MR) is 35.6 cm³/mol. The minimum Gasteiger partial charge on any atom is -0.549 e. The minimum absolute atomic E-state index is 0.118. The lowest BCUT2D eigenvalue weighted by atomic mass is 10.4. The molecule has 11 heavy (non-hydrogen) atoms. The second-order valence-electron chi connectivity index (χ2n) is 2.10. The molecule has 0 atom stereocenters. The highest BCUT2D eigenvalue weighted by Crippen LogP contribution is 1.84. The van der Waals surface area contributed by atoms with Crippen LogP contribution < -0.4 is 5.11 Å². The predicted octanol–water partition coefficient (Wildman–Crippen LogP) is -2.98. The van der Waals surface area contributed by atoms with Crippen LogP contribution in [0.3, 0.4) is 0 Å². The zero-order valence-corrected chi connectivity index (χ0v) is 6.19. The van der Waals surface area contributed by atoms with E-state index >= 15 is 0 Å². The molecule has 0 aromatic rings.